The van der Waals surface area contributed by atoms with E-state index in [0.717, 1.165) is 16.9 Å². The molecule has 0 fully saturated rings. The summed E-state index contributed by atoms with van der Waals surface area (Å²) in [6, 6.07) is 16.4. The second-order valence-corrected chi connectivity index (χ2v) is 6.43. The maximum Gasteiger partial charge on any atom is 0.339 e. The fourth-order valence-corrected chi connectivity index (χ4v) is 2.90. The third-order valence-electron chi connectivity index (χ3n) is 4.12. The van der Waals surface area contributed by atoms with Crippen molar-refractivity contribution in [3.63, 3.8) is 0 Å². The Hall–Kier alpha value is -3.25. The van der Waals surface area contributed by atoms with Crippen LogP contribution >= 0.6 is 11.6 Å². The molecule has 0 amide bonds. The summed E-state index contributed by atoms with van der Waals surface area (Å²) in [5.74, 6) is 1.50. The molecule has 0 saturated heterocycles. The third kappa shape index (κ3) is 5.18. The molecule has 0 unspecified atom stereocenters. The van der Waals surface area contributed by atoms with Crippen molar-refractivity contribution in [2.24, 2.45) is 5.10 Å². The molecule has 0 aliphatic heterocycles. The van der Waals surface area contributed by atoms with E-state index in [4.69, 9.17) is 25.5 Å². The number of ether oxygens (including phenoxy) is 2. The van der Waals surface area contributed by atoms with Crippen molar-refractivity contribution in [3.05, 3.63) is 76.5 Å². The minimum atomic E-state index is -0.465. The number of carbonyl (C=O) groups excluding carboxylic acids is 1. The molecule has 29 heavy (non-hydrogen) atoms. The maximum atomic E-state index is 12.0. The van der Waals surface area contributed by atoms with Gasteiger partial charge in [-0.2, -0.15) is 5.10 Å². The number of hydrogen-bond donors (Lipinski definition) is 1. The van der Waals surface area contributed by atoms with Crippen LogP contribution in [0.15, 0.2) is 64.1 Å². The van der Waals surface area contributed by atoms with Crippen LogP contribution in [-0.2, 0) is 11.3 Å². The van der Waals surface area contributed by atoms with Gasteiger partial charge in [-0.3, -0.25) is 0 Å². The molecule has 0 radical (unpaired) electrons. The molecule has 1 N–H and O–H groups in total. The number of hydrazone groups is 1. The first-order valence-corrected chi connectivity index (χ1v) is 9.45. The Morgan fingerprint density at radius 1 is 1.21 bits per heavy atom. The zero-order valence-electron chi connectivity index (χ0n) is 16.1. The van der Waals surface area contributed by atoms with Gasteiger partial charge in [0, 0.05) is 11.1 Å². The molecule has 7 heteroatoms. The summed E-state index contributed by atoms with van der Waals surface area (Å²) in [5, 5.41) is 4.52. The molecule has 0 bridgehead atoms. The average molecular weight is 413 g/mol. The van der Waals surface area contributed by atoms with Crippen LogP contribution < -0.4 is 10.2 Å². The molecule has 1 heterocycles. The number of carbonyl (C=O) groups is 1. The van der Waals surface area contributed by atoms with E-state index in [2.05, 4.69) is 10.5 Å². The number of furan rings is 1. The van der Waals surface area contributed by atoms with Crippen LogP contribution in [0.1, 0.15) is 28.6 Å². The number of halogens is 1. The Labute approximate surface area is 174 Å². The zero-order chi connectivity index (χ0) is 20.6. The lowest BCUT2D eigenvalue weighted by atomic mass is 10.1. The predicted octanol–water partition coefficient (Wildman–Crippen LogP) is 4.91. The minimum Gasteiger partial charge on any atom is -0.496 e. The summed E-state index contributed by atoms with van der Waals surface area (Å²) in [6.45, 7) is 2.55. The summed E-state index contributed by atoms with van der Waals surface area (Å²) in [6.07, 6.45) is 1.58. The largest absolute Gasteiger partial charge is 0.496 e. The van der Waals surface area contributed by atoms with Crippen LogP contribution in [0.3, 0.4) is 0 Å². The van der Waals surface area contributed by atoms with Gasteiger partial charge in [0.15, 0.2) is 0 Å². The van der Waals surface area contributed by atoms with Crippen molar-refractivity contribution >= 4 is 23.8 Å². The lowest BCUT2D eigenvalue weighted by Crippen LogP contribution is -2.06. The van der Waals surface area contributed by atoms with Crippen molar-refractivity contribution in [3.8, 4) is 17.1 Å². The fourth-order valence-electron chi connectivity index (χ4n) is 2.71. The van der Waals surface area contributed by atoms with Crippen LogP contribution in [-0.4, -0.2) is 25.9 Å². The van der Waals surface area contributed by atoms with Crippen LogP contribution in [0.25, 0.3) is 11.3 Å². The van der Waals surface area contributed by atoms with Crippen LogP contribution in [0.2, 0.25) is 5.02 Å². The van der Waals surface area contributed by atoms with E-state index in [1.807, 2.05) is 24.3 Å². The Bertz CT molecular complexity index is 1010. The van der Waals surface area contributed by atoms with E-state index < -0.39 is 5.97 Å². The Morgan fingerprint density at radius 3 is 2.83 bits per heavy atom. The molecular weight excluding hydrogens is 392 g/mol. The highest BCUT2D eigenvalue weighted by Gasteiger charge is 2.14. The maximum absolute atomic E-state index is 12.0. The summed E-state index contributed by atoms with van der Waals surface area (Å²) < 4.78 is 16.1. The molecule has 0 spiro atoms. The van der Waals surface area contributed by atoms with Crippen LogP contribution in [0.5, 0.6) is 5.75 Å². The number of methoxy groups -OCH3 is 1. The van der Waals surface area contributed by atoms with Gasteiger partial charge in [0.05, 0.1) is 37.1 Å². The van der Waals surface area contributed by atoms with Crippen molar-refractivity contribution in [2.75, 3.05) is 13.7 Å². The van der Waals surface area contributed by atoms with Gasteiger partial charge in [-0.25, -0.2) is 4.79 Å². The third-order valence-corrected chi connectivity index (χ3v) is 4.45. The topological polar surface area (TPSA) is 73.1 Å². The number of para-hydroxylation sites is 1. The van der Waals surface area contributed by atoms with E-state index >= 15 is 0 Å². The second kappa shape index (κ2) is 9.80. The smallest absolute Gasteiger partial charge is 0.339 e. The summed E-state index contributed by atoms with van der Waals surface area (Å²) in [4.78, 5) is 12.0. The standard InChI is InChI=1S/C22H21ClN2O4/c1-3-28-22(26)18-12-15(8-10-19(18)23)21-11-9-17(29-21)14-25-24-13-16-6-4-5-7-20(16)27-2/h4-12,14,24H,3,13H2,1-2H3/b25-14-. The molecule has 6 nitrogen and oxygen atoms in total. The summed E-state index contributed by atoms with van der Waals surface area (Å²) in [7, 11) is 1.64. The SMILES string of the molecule is CCOC(=O)c1cc(-c2ccc(/C=N\NCc3ccccc3OC)o2)ccc1Cl. The molecule has 3 rings (SSSR count). The van der Waals surface area contributed by atoms with Crippen molar-refractivity contribution < 1.29 is 18.7 Å². The minimum absolute atomic E-state index is 0.280. The number of benzene rings is 2. The highest BCUT2D eigenvalue weighted by Crippen LogP contribution is 2.27. The second-order valence-electron chi connectivity index (χ2n) is 6.02. The molecular formula is C22H21ClN2O4. The van der Waals surface area contributed by atoms with E-state index in [1.54, 1.807) is 50.6 Å². The van der Waals surface area contributed by atoms with Gasteiger partial charge in [0.25, 0.3) is 0 Å². The fraction of sp³-hybridized carbons (Fsp3) is 0.182. The van der Waals surface area contributed by atoms with Crippen molar-refractivity contribution in [1.82, 2.24) is 5.43 Å². The van der Waals surface area contributed by atoms with Gasteiger partial charge in [0.1, 0.15) is 17.3 Å². The van der Waals surface area contributed by atoms with E-state index in [1.165, 1.54) is 0 Å². The zero-order valence-corrected chi connectivity index (χ0v) is 16.9. The number of nitrogens with one attached hydrogen (secondary N) is 1. The highest BCUT2D eigenvalue weighted by molar-refractivity contribution is 6.33. The van der Waals surface area contributed by atoms with E-state index in [-0.39, 0.29) is 6.61 Å². The quantitative estimate of drug-likeness (QED) is 0.323. The van der Waals surface area contributed by atoms with Gasteiger partial charge >= 0.3 is 5.97 Å². The van der Waals surface area contributed by atoms with Gasteiger partial charge < -0.3 is 19.3 Å². The van der Waals surface area contributed by atoms with Crippen molar-refractivity contribution in [2.45, 2.75) is 13.5 Å². The number of rotatable bonds is 8. The molecule has 0 saturated carbocycles. The molecule has 2 aromatic carbocycles. The van der Waals surface area contributed by atoms with Gasteiger partial charge in [-0.1, -0.05) is 29.8 Å². The number of nitrogens with zero attached hydrogens (tertiary/aromatic N) is 1. The molecule has 3 aromatic rings. The lowest BCUT2D eigenvalue weighted by Gasteiger charge is -2.07. The number of esters is 1. The Balaban J connectivity index is 1.67. The van der Waals surface area contributed by atoms with E-state index in [0.29, 0.717) is 28.7 Å². The first kappa shape index (κ1) is 20.5. The first-order chi connectivity index (χ1) is 14.1. The molecule has 0 aliphatic carbocycles. The Morgan fingerprint density at radius 2 is 2.03 bits per heavy atom. The number of hydrogen-bond acceptors (Lipinski definition) is 6. The predicted molar refractivity (Wildman–Crippen MR) is 113 cm³/mol. The van der Waals surface area contributed by atoms with Gasteiger partial charge in [0.2, 0.25) is 0 Å². The summed E-state index contributed by atoms with van der Waals surface area (Å²) >= 11 is 6.11. The molecule has 150 valence electrons. The van der Waals surface area contributed by atoms with Gasteiger partial charge in [-0.15, -0.1) is 0 Å². The van der Waals surface area contributed by atoms with E-state index in [9.17, 15) is 4.79 Å². The molecule has 1 aromatic heterocycles. The Kier molecular flexibility index (Phi) is 6.92. The van der Waals surface area contributed by atoms with Crippen molar-refractivity contribution in [1.29, 1.82) is 0 Å². The van der Waals surface area contributed by atoms with Crippen LogP contribution in [0, 0.1) is 0 Å². The highest BCUT2D eigenvalue weighted by atomic mass is 35.5. The molecule has 0 atom stereocenters. The summed E-state index contributed by atoms with van der Waals surface area (Å²) in [5.41, 5.74) is 4.99. The molecule has 0 aliphatic rings. The first-order valence-electron chi connectivity index (χ1n) is 9.07. The van der Waals surface area contributed by atoms with Crippen LogP contribution in [0.4, 0.5) is 0 Å². The average Bonchev–Trinajstić information content (AvgIpc) is 3.21. The normalized spacial score (nSPS) is 10.9. The monoisotopic (exact) mass is 412 g/mol. The lowest BCUT2D eigenvalue weighted by molar-refractivity contribution is 0.0526. The van der Waals surface area contributed by atoms with Gasteiger partial charge in [-0.05, 0) is 43.3 Å².